The summed E-state index contributed by atoms with van der Waals surface area (Å²) in [5.41, 5.74) is 2.70. The van der Waals surface area contributed by atoms with Crippen molar-refractivity contribution in [3.8, 4) is 0 Å². The van der Waals surface area contributed by atoms with Crippen molar-refractivity contribution in [2.45, 2.75) is 31.9 Å². The van der Waals surface area contributed by atoms with Crippen molar-refractivity contribution in [2.75, 3.05) is 20.1 Å². The van der Waals surface area contributed by atoms with E-state index in [0.29, 0.717) is 6.54 Å². The smallest absolute Gasteiger partial charge is 0.194 e. The van der Waals surface area contributed by atoms with Crippen molar-refractivity contribution in [3.63, 3.8) is 0 Å². The molecule has 6 heteroatoms. The van der Waals surface area contributed by atoms with E-state index in [1.165, 1.54) is 11.1 Å². The Morgan fingerprint density at radius 2 is 2.16 bits per heavy atom. The van der Waals surface area contributed by atoms with E-state index in [1.807, 2.05) is 25.2 Å². The summed E-state index contributed by atoms with van der Waals surface area (Å²) in [6.45, 7) is 4.07. The summed E-state index contributed by atoms with van der Waals surface area (Å²) in [5, 5.41) is 18.6. The van der Waals surface area contributed by atoms with E-state index in [1.54, 1.807) is 11.3 Å². The van der Waals surface area contributed by atoms with Gasteiger partial charge in [0, 0.05) is 20.1 Å². The summed E-state index contributed by atoms with van der Waals surface area (Å²) < 4.78 is 0. The lowest BCUT2D eigenvalue weighted by Crippen LogP contribution is -2.40. The van der Waals surface area contributed by atoms with Crippen LogP contribution in [0, 0.1) is 0 Å². The van der Waals surface area contributed by atoms with Gasteiger partial charge in [-0.1, -0.05) is 24.3 Å². The molecule has 1 aliphatic carbocycles. The maximum atomic E-state index is 11.0. The van der Waals surface area contributed by atoms with E-state index in [2.05, 4.69) is 40.0 Å². The van der Waals surface area contributed by atoms with Crippen LogP contribution in [-0.4, -0.2) is 36.1 Å². The van der Waals surface area contributed by atoms with Gasteiger partial charge in [0.2, 0.25) is 0 Å². The summed E-state index contributed by atoms with van der Waals surface area (Å²) in [7, 11) is 2.03. The second kappa shape index (κ2) is 9.00. The number of benzene rings is 1. The monoisotopic (exact) mass is 471 g/mol. The molecule has 0 fully saturated rings. The topological polar surface area (TPSA) is 47.9 Å². The molecule has 1 heterocycles. The summed E-state index contributed by atoms with van der Waals surface area (Å²) in [5.74, 6) is 0.835. The average Bonchev–Trinajstić information content (AvgIpc) is 3.21. The highest BCUT2D eigenvalue weighted by Crippen LogP contribution is 2.36. The van der Waals surface area contributed by atoms with Gasteiger partial charge in [-0.15, -0.1) is 24.0 Å². The number of fused-ring (bicyclic) bond motifs is 1. The van der Waals surface area contributed by atoms with Crippen LogP contribution < -0.4 is 5.32 Å². The van der Waals surface area contributed by atoms with Crippen LogP contribution in [0.15, 0.2) is 46.1 Å². The highest BCUT2D eigenvalue weighted by molar-refractivity contribution is 14.0. The summed E-state index contributed by atoms with van der Waals surface area (Å²) in [6, 6.07) is 10.3. The van der Waals surface area contributed by atoms with Gasteiger partial charge >= 0.3 is 0 Å². The maximum absolute atomic E-state index is 11.0. The molecular formula is C19H26IN3OS. The molecule has 136 valence electrons. The Labute approximate surface area is 171 Å². The number of halogens is 1. The fraction of sp³-hybridized carbons (Fsp3) is 0.421. The standard InChI is InChI=1S/C19H25N3OS.HI/c1-3-20-18(22(2)12-15-9-11-24-13-15)21-14-19(23)10-8-16-6-4-5-7-17(16)19;/h4-7,9,11,13,23H,3,8,10,12,14H2,1-2H3,(H,20,21);1H. The number of aliphatic imine (C=N–C) groups is 1. The molecule has 2 N–H and O–H groups in total. The number of thiophene rings is 1. The van der Waals surface area contributed by atoms with Gasteiger partial charge in [-0.3, -0.25) is 0 Å². The van der Waals surface area contributed by atoms with E-state index >= 15 is 0 Å². The lowest BCUT2D eigenvalue weighted by molar-refractivity contribution is 0.0483. The zero-order valence-corrected chi connectivity index (χ0v) is 17.9. The third-order valence-corrected chi connectivity index (χ3v) is 5.25. The van der Waals surface area contributed by atoms with Gasteiger partial charge in [-0.05, 0) is 53.3 Å². The number of hydrogen-bond acceptors (Lipinski definition) is 3. The summed E-state index contributed by atoms with van der Waals surface area (Å²) in [4.78, 5) is 6.84. The Bertz CT molecular complexity index is 704. The van der Waals surface area contributed by atoms with Crippen LogP contribution in [0.3, 0.4) is 0 Å². The number of nitrogens with one attached hydrogen (secondary N) is 1. The Balaban J connectivity index is 0.00000225. The zero-order valence-electron chi connectivity index (χ0n) is 14.7. The van der Waals surface area contributed by atoms with Crippen molar-refractivity contribution < 1.29 is 5.11 Å². The van der Waals surface area contributed by atoms with Crippen LogP contribution >= 0.6 is 35.3 Å². The molecule has 1 aromatic heterocycles. The van der Waals surface area contributed by atoms with Gasteiger partial charge in [0.05, 0.1) is 6.54 Å². The Hall–Kier alpha value is -1.12. The molecule has 1 aliphatic rings. The third kappa shape index (κ3) is 4.74. The minimum atomic E-state index is -0.847. The van der Waals surface area contributed by atoms with Crippen LogP contribution in [0.5, 0.6) is 0 Å². The normalized spacial score (nSPS) is 19.2. The number of guanidine groups is 1. The molecule has 0 saturated heterocycles. The summed E-state index contributed by atoms with van der Waals surface area (Å²) >= 11 is 1.71. The van der Waals surface area contributed by atoms with Crippen molar-refractivity contribution >= 4 is 41.3 Å². The third-order valence-electron chi connectivity index (χ3n) is 4.51. The number of rotatable bonds is 5. The first-order valence-corrected chi connectivity index (χ1v) is 9.38. The van der Waals surface area contributed by atoms with Gasteiger partial charge < -0.3 is 15.3 Å². The highest BCUT2D eigenvalue weighted by Gasteiger charge is 2.36. The molecular weight excluding hydrogens is 445 g/mol. The van der Waals surface area contributed by atoms with E-state index in [-0.39, 0.29) is 24.0 Å². The van der Waals surface area contributed by atoms with Gasteiger partial charge in [0.15, 0.2) is 5.96 Å². The van der Waals surface area contributed by atoms with E-state index in [9.17, 15) is 5.11 Å². The second-order valence-electron chi connectivity index (χ2n) is 6.35. The van der Waals surface area contributed by atoms with Gasteiger partial charge in [-0.25, -0.2) is 4.99 Å². The molecule has 3 rings (SSSR count). The van der Waals surface area contributed by atoms with E-state index in [0.717, 1.165) is 37.5 Å². The van der Waals surface area contributed by atoms with Gasteiger partial charge in [-0.2, -0.15) is 11.3 Å². The molecule has 1 unspecified atom stereocenters. The summed E-state index contributed by atoms with van der Waals surface area (Å²) in [6.07, 6.45) is 1.66. The minimum absolute atomic E-state index is 0. The van der Waals surface area contributed by atoms with Crippen molar-refractivity contribution in [3.05, 3.63) is 57.8 Å². The SMILES string of the molecule is CCNC(=NCC1(O)CCc2ccccc21)N(C)Cc1ccsc1.I. The van der Waals surface area contributed by atoms with Gasteiger partial charge in [0.25, 0.3) is 0 Å². The molecule has 0 aliphatic heterocycles. The van der Waals surface area contributed by atoms with Crippen LogP contribution in [0.4, 0.5) is 0 Å². The number of aliphatic hydroxyl groups is 1. The highest BCUT2D eigenvalue weighted by atomic mass is 127. The maximum Gasteiger partial charge on any atom is 0.194 e. The molecule has 25 heavy (non-hydrogen) atoms. The largest absolute Gasteiger partial charge is 0.383 e. The van der Waals surface area contributed by atoms with Crippen LogP contribution in [0.1, 0.15) is 30.0 Å². The first-order chi connectivity index (χ1) is 11.6. The minimum Gasteiger partial charge on any atom is -0.383 e. The predicted molar refractivity (Wildman–Crippen MR) is 116 cm³/mol. The molecule has 0 bridgehead atoms. The van der Waals surface area contributed by atoms with Gasteiger partial charge in [0.1, 0.15) is 5.60 Å². The van der Waals surface area contributed by atoms with Crippen molar-refractivity contribution in [2.24, 2.45) is 4.99 Å². The lowest BCUT2D eigenvalue weighted by atomic mass is 9.96. The molecule has 4 nitrogen and oxygen atoms in total. The Kier molecular flexibility index (Phi) is 7.27. The van der Waals surface area contributed by atoms with Crippen LogP contribution in [0.25, 0.3) is 0 Å². The van der Waals surface area contributed by atoms with E-state index < -0.39 is 5.60 Å². The first kappa shape index (κ1) is 20.2. The molecule has 2 aromatic rings. The molecule has 0 spiro atoms. The molecule has 1 aromatic carbocycles. The fourth-order valence-corrected chi connectivity index (χ4v) is 3.90. The van der Waals surface area contributed by atoms with Crippen LogP contribution in [-0.2, 0) is 18.6 Å². The number of aryl methyl sites for hydroxylation is 1. The van der Waals surface area contributed by atoms with E-state index in [4.69, 9.17) is 4.99 Å². The van der Waals surface area contributed by atoms with Crippen molar-refractivity contribution in [1.82, 2.24) is 10.2 Å². The Morgan fingerprint density at radius 3 is 2.88 bits per heavy atom. The zero-order chi connectivity index (χ0) is 17.0. The van der Waals surface area contributed by atoms with Crippen LogP contribution in [0.2, 0.25) is 0 Å². The average molecular weight is 471 g/mol. The lowest BCUT2D eigenvalue weighted by Gasteiger charge is -2.25. The predicted octanol–water partition coefficient (Wildman–Crippen LogP) is 3.60. The quantitative estimate of drug-likeness (QED) is 0.398. The number of nitrogens with zero attached hydrogens (tertiary/aromatic N) is 2. The fourth-order valence-electron chi connectivity index (χ4n) is 3.24. The molecule has 0 saturated carbocycles. The molecule has 0 radical (unpaired) electrons. The first-order valence-electron chi connectivity index (χ1n) is 8.43. The molecule has 0 amide bonds. The van der Waals surface area contributed by atoms with Crippen molar-refractivity contribution in [1.29, 1.82) is 0 Å². The molecule has 1 atom stereocenters. The Morgan fingerprint density at radius 1 is 1.36 bits per heavy atom. The number of hydrogen-bond donors (Lipinski definition) is 2. The second-order valence-corrected chi connectivity index (χ2v) is 7.13.